The monoisotopic (exact) mass is 471 g/mol. The lowest BCUT2D eigenvalue weighted by atomic mass is 9.95. The molecule has 1 aromatic carbocycles. The third-order valence-corrected chi connectivity index (χ3v) is 5.68. The minimum absolute atomic E-state index is 0.0794. The first kappa shape index (κ1) is 24.1. The molecule has 0 saturated carbocycles. The van der Waals surface area contributed by atoms with E-state index < -0.39 is 17.8 Å². The van der Waals surface area contributed by atoms with E-state index in [-0.39, 0.29) is 36.2 Å². The third-order valence-electron chi connectivity index (χ3n) is 5.43. The van der Waals surface area contributed by atoms with Gasteiger partial charge in [0.25, 0.3) is 5.91 Å². The second kappa shape index (κ2) is 10.4. The van der Waals surface area contributed by atoms with Crippen LogP contribution in [0, 0.1) is 12.8 Å². The van der Waals surface area contributed by atoms with Crippen LogP contribution in [0.15, 0.2) is 34.7 Å². The van der Waals surface area contributed by atoms with Gasteiger partial charge in [-0.15, -0.1) is 0 Å². The predicted molar refractivity (Wildman–Crippen MR) is 113 cm³/mol. The Kier molecular flexibility index (Phi) is 7.84. The van der Waals surface area contributed by atoms with E-state index in [1.165, 1.54) is 12.5 Å². The SMILES string of the molecule is Cc1oc(C(F)(F)F)cc1C(=O)NCCNC(=O)C1CCN(Cc2ccc(Cl)cc2)CC1. The highest BCUT2D eigenvalue weighted by Gasteiger charge is 2.36. The van der Waals surface area contributed by atoms with Gasteiger partial charge in [-0.3, -0.25) is 14.5 Å². The summed E-state index contributed by atoms with van der Waals surface area (Å²) < 4.78 is 42.7. The van der Waals surface area contributed by atoms with Gasteiger partial charge in [-0.1, -0.05) is 23.7 Å². The van der Waals surface area contributed by atoms with Crippen molar-refractivity contribution in [2.75, 3.05) is 26.2 Å². The largest absolute Gasteiger partial charge is 0.456 e. The van der Waals surface area contributed by atoms with Crippen molar-refractivity contribution in [2.45, 2.75) is 32.5 Å². The van der Waals surface area contributed by atoms with E-state index in [0.29, 0.717) is 11.1 Å². The van der Waals surface area contributed by atoms with Crippen LogP contribution in [0.4, 0.5) is 13.2 Å². The maximum Gasteiger partial charge on any atom is 0.449 e. The second-order valence-electron chi connectivity index (χ2n) is 7.80. The number of nitrogens with zero attached hydrogens (tertiary/aromatic N) is 1. The van der Waals surface area contributed by atoms with E-state index in [9.17, 15) is 22.8 Å². The van der Waals surface area contributed by atoms with E-state index in [2.05, 4.69) is 20.0 Å². The van der Waals surface area contributed by atoms with Crippen molar-refractivity contribution in [3.05, 3.63) is 58.0 Å². The number of piperidine rings is 1. The Morgan fingerprint density at radius 3 is 2.34 bits per heavy atom. The van der Waals surface area contributed by atoms with Gasteiger partial charge in [-0.05, 0) is 50.6 Å². The van der Waals surface area contributed by atoms with E-state index in [1.807, 2.05) is 24.3 Å². The summed E-state index contributed by atoms with van der Waals surface area (Å²) in [5.41, 5.74) is 1.000. The number of hydrogen-bond donors (Lipinski definition) is 2. The number of halogens is 4. The number of furan rings is 1. The summed E-state index contributed by atoms with van der Waals surface area (Å²) in [6, 6.07) is 8.38. The quantitative estimate of drug-likeness (QED) is 0.598. The number of rotatable bonds is 7. The van der Waals surface area contributed by atoms with Crippen LogP contribution < -0.4 is 10.6 Å². The zero-order valence-corrected chi connectivity index (χ0v) is 18.4. The molecule has 2 heterocycles. The molecule has 0 spiro atoms. The fourth-order valence-corrected chi connectivity index (χ4v) is 3.78. The summed E-state index contributed by atoms with van der Waals surface area (Å²) in [6.07, 6.45) is -3.18. The molecule has 6 nitrogen and oxygen atoms in total. The molecule has 0 unspecified atom stereocenters. The van der Waals surface area contributed by atoms with Gasteiger partial charge in [-0.2, -0.15) is 13.2 Å². The normalized spacial score (nSPS) is 15.5. The highest BCUT2D eigenvalue weighted by Crippen LogP contribution is 2.32. The molecule has 3 rings (SSSR count). The van der Waals surface area contributed by atoms with Gasteiger partial charge in [-0.25, -0.2) is 0 Å². The molecule has 2 aromatic rings. The Morgan fingerprint density at radius 1 is 1.12 bits per heavy atom. The van der Waals surface area contributed by atoms with Gasteiger partial charge in [0.2, 0.25) is 11.7 Å². The third kappa shape index (κ3) is 6.49. The molecule has 1 aromatic heterocycles. The molecule has 0 aliphatic carbocycles. The van der Waals surface area contributed by atoms with Gasteiger partial charge < -0.3 is 15.1 Å². The molecule has 32 heavy (non-hydrogen) atoms. The van der Waals surface area contributed by atoms with Crippen molar-refractivity contribution in [3.63, 3.8) is 0 Å². The summed E-state index contributed by atoms with van der Waals surface area (Å²) >= 11 is 5.91. The number of hydrogen-bond acceptors (Lipinski definition) is 4. The zero-order valence-electron chi connectivity index (χ0n) is 17.6. The number of amides is 2. The van der Waals surface area contributed by atoms with Crippen LogP contribution >= 0.6 is 11.6 Å². The van der Waals surface area contributed by atoms with Gasteiger partial charge in [0.15, 0.2) is 0 Å². The van der Waals surface area contributed by atoms with Gasteiger partial charge in [0.1, 0.15) is 5.76 Å². The van der Waals surface area contributed by atoms with Crippen molar-refractivity contribution in [3.8, 4) is 0 Å². The van der Waals surface area contributed by atoms with Crippen LogP contribution in [0.5, 0.6) is 0 Å². The molecule has 1 fully saturated rings. The zero-order chi connectivity index (χ0) is 23.3. The maximum atomic E-state index is 12.7. The van der Waals surface area contributed by atoms with Crippen molar-refractivity contribution in [1.29, 1.82) is 0 Å². The topological polar surface area (TPSA) is 74.6 Å². The summed E-state index contributed by atoms with van der Waals surface area (Å²) in [7, 11) is 0. The second-order valence-corrected chi connectivity index (χ2v) is 8.24. The highest BCUT2D eigenvalue weighted by atomic mass is 35.5. The molecule has 1 aliphatic heterocycles. The highest BCUT2D eigenvalue weighted by molar-refractivity contribution is 6.30. The number of alkyl halides is 3. The Bertz CT molecular complexity index is 936. The summed E-state index contributed by atoms with van der Waals surface area (Å²) in [6.45, 7) is 4.01. The number of carbonyl (C=O) groups is 2. The molecule has 1 aliphatic rings. The number of aryl methyl sites for hydroxylation is 1. The number of nitrogens with one attached hydrogen (secondary N) is 2. The first-order valence-electron chi connectivity index (χ1n) is 10.3. The minimum Gasteiger partial charge on any atom is -0.456 e. The van der Waals surface area contributed by atoms with Crippen LogP contribution in [-0.4, -0.2) is 42.9 Å². The fraction of sp³-hybridized carbons (Fsp3) is 0.455. The van der Waals surface area contributed by atoms with Crippen molar-refractivity contribution < 1.29 is 27.2 Å². The Balaban J connectivity index is 1.36. The summed E-state index contributed by atoms with van der Waals surface area (Å²) in [5.74, 6) is -2.17. The minimum atomic E-state index is -4.65. The number of carbonyl (C=O) groups excluding carboxylic acids is 2. The molecule has 2 amide bonds. The fourth-order valence-electron chi connectivity index (χ4n) is 3.65. The molecular weight excluding hydrogens is 447 g/mol. The van der Waals surface area contributed by atoms with E-state index in [1.54, 1.807) is 0 Å². The smallest absolute Gasteiger partial charge is 0.449 e. The van der Waals surface area contributed by atoms with E-state index in [0.717, 1.165) is 32.5 Å². The molecule has 0 radical (unpaired) electrons. The molecular formula is C22H25ClF3N3O3. The average Bonchev–Trinajstić information content (AvgIpc) is 3.15. The average molecular weight is 472 g/mol. The van der Waals surface area contributed by atoms with Crippen LogP contribution in [-0.2, 0) is 17.5 Å². The lowest BCUT2D eigenvalue weighted by molar-refractivity contribution is -0.153. The summed E-state index contributed by atoms with van der Waals surface area (Å²) in [4.78, 5) is 26.8. The van der Waals surface area contributed by atoms with Crippen LogP contribution in [0.25, 0.3) is 0 Å². The van der Waals surface area contributed by atoms with Crippen LogP contribution in [0.2, 0.25) is 5.02 Å². The standard InChI is InChI=1S/C22H25ClF3N3O3/c1-14-18(12-19(32-14)22(24,25)26)21(31)28-9-8-27-20(30)16-6-10-29(11-7-16)13-15-2-4-17(23)5-3-15/h2-5,12,16H,6-11,13H2,1H3,(H,27,30)(H,28,31). The predicted octanol–water partition coefficient (Wildman–Crippen LogP) is 4.02. The van der Waals surface area contributed by atoms with Gasteiger partial charge in [0.05, 0.1) is 5.56 Å². The Labute approximate surface area is 189 Å². The van der Waals surface area contributed by atoms with Crippen molar-refractivity contribution in [2.24, 2.45) is 5.92 Å². The molecule has 1 saturated heterocycles. The maximum absolute atomic E-state index is 12.7. The molecule has 0 atom stereocenters. The Hall–Kier alpha value is -2.52. The van der Waals surface area contributed by atoms with E-state index in [4.69, 9.17) is 11.6 Å². The molecule has 2 N–H and O–H groups in total. The first-order valence-corrected chi connectivity index (χ1v) is 10.7. The molecule has 0 bridgehead atoms. The Morgan fingerprint density at radius 2 is 1.75 bits per heavy atom. The van der Waals surface area contributed by atoms with Crippen molar-refractivity contribution >= 4 is 23.4 Å². The van der Waals surface area contributed by atoms with Crippen LogP contribution in [0.3, 0.4) is 0 Å². The van der Waals surface area contributed by atoms with Crippen molar-refractivity contribution in [1.82, 2.24) is 15.5 Å². The lowest BCUT2D eigenvalue weighted by Crippen LogP contribution is -2.42. The molecule has 174 valence electrons. The van der Waals surface area contributed by atoms with Crippen LogP contribution in [0.1, 0.15) is 40.3 Å². The lowest BCUT2D eigenvalue weighted by Gasteiger charge is -2.31. The van der Waals surface area contributed by atoms with Gasteiger partial charge >= 0.3 is 6.18 Å². The van der Waals surface area contributed by atoms with Gasteiger partial charge in [0, 0.05) is 36.6 Å². The molecule has 10 heteroatoms. The van der Waals surface area contributed by atoms with E-state index >= 15 is 0 Å². The number of benzene rings is 1. The summed E-state index contributed by atoms with van der Waals surface area (Å²) in [5, 5.41) is 5.99. The number of likely N-dealkylation sites (tertiary alicyclic amines) is 1. The first-order chi connectivity index (χ1) is 15.1.